The number of hydrogen-bond acceptors (Lipinski definition) is 2. The zero-order valence-corrected chi connectivity index (χ0v) is 13.3. The minimum Gasteiger partial charge on any atom is -0.307 e. The van der Waals surface area contributed by atoms with Gasteiger partial charge >= 0.3 is 0 Å². The Labute approximate surface area is 129 Å². The molecule has 0 aliphatic heterocycles. The molecule has 0 amide bonds. The SMILES string of the molecule is CCn1nc(C)c(Cl)c1CNCc1cccc(CCl)c1. The maximum atomic E-state index is 6.28. The molecule has 0 fully saturated rings. The van der Waals surface area contributed by atoms with Crippen LogP contribution in [0.25, 0.3) is 0 Å². The van der Waals surface area contributed by atoms with E-state index in [0.29, 0.717) is 12.4 Å². The van der Waals surface area contributed by atoms with Crippen molar-refractivity contribution in [3.8, 4) is 0 Å². The van der Waals surface area contributed by atoms with Crippen molar-refractivity contribution in [2.45, 2.75) is 39.4 Å². The molecule has 0 aliphatic carbocycles. The lowest BCUT2D eigenvalue weighted by molar-refractivity contribution is 0.579. The number of nitrogens with one attached hydrogen (secondary N) is 1. The fourth-order valence-corrected chi connectivity index (χ4v) is 2.55. The van der Waals surface area contributed by atoms with E-state index in [2.05, 4.69) is 29.5 Å². The van der Waals surface area contributed by atoms with Crippen LogP contribution in [0.3, 0.4) is 0 Å². The van der Waals surface area contributed by atoms with Crippen LogP contribution in [0.4, 0.5) is 0 Å². The highest BCUT2D eigenvalue weighted by molar-refractivity contribution is 6.31. The molecule has 0 unspecified atom stereocenters. The van der Waals surface area contributed by atoms with E-state index < -0.39 is 0 Å². The van der Waals surface area contributed by atoms with Crippen molar-refractivity contribution in [1.29, 1.82) is 0 Å². The van der Waals surface area contributed by atoms with Gasteiger partial charge in [0.1, 0.15) is 0 Å². The van der Waals surface area contributed by atoms with Crippen LogP contribution < -0.4 is 5.32 Å². The predicted molar refractivity (Wildman–Crippen MR) is 84.2 cm³/mol. The van der Waals surface area contributed by atoms with Crippen molar-refractivity contribution >= 4 is 23.2 Å². The highest BCUT2D eigenvalue weighted by atomic mass is 35.5. The first-order valence-electron chi connectivity index (χ1n) is 6.72. The Morgan fingerprint density at radius 3 is 2.70 bits per heavy atom. The van der Waals surface area contributed by atoms with E-state index in [-0.39, 0.29) is 0 Å². The van der Waals surface area contributed by atoms with Gasteiger partial charge in [0.25, 0.3) is 0 Å². The Morgan fingerprint density at radius 2 is 2.00 bits per heavy atom. The van der Waals surface area contributed by atoms with Crippen LogP contribution >= 0.6 is 23.2 Å². The van der Waals surface area contributed by atoms with Crippen LogP contribution in [0, 0.1) is 6.92 Å². The van der Waals surface area contributed by atoms with Crippen LogP contribution in [-0.4, -0.2) is 9.78 Å². The molecule has 0 bridgehead atoms. The van der Waals surface area contributed by atoms with Gasteiger partial charge in [-0.15, -0.1) is 11.6 Å². The van der Waals surface area contributed by atoms with Crippen molar-refractivity contribution in [3.63, 3.8) is 0 Å². The lowest BCUT2D eigenvalue weighted by Crippen LogP contribution is -2.16. The van der Waals surface area contributed by atoms with Gasteiger partial charge in [-0.05, 0) is 25.0 Å². The third kappa shape index (κ3) is 3.54. The molecule has 0 aliphatic rings. The third-order valence-electron chi connectivity index (χ3n) is 3.22. The maximum absolute atomic E-state index is 6.28. The number of rotatable bonds is 6. The Balaban J connectivity index is 1.99. The summed E-state index contributed by atoms with van der Waals surface area (Å²) in [6.45, 7) is 6.32. The van der Waals surface area contributed by atoms with Crippen molar-refractivity contribution < 1.29 is 0 Å². The van der Waals surface area contributed by atoms with E-state index in [1.165, 1.54) is 5.56 Å². The maximum Gasteiger partial charge on any atom is 0.0860 e. The zero-order valence-electron chi connectivity index (χ0n) is 11.8. The van der Waals surface area contributed by atoms with Crippen molar-refractivity contribution in [2.75, 3.05) is 0 Å². The van der Waals surface area contributed by atoms with Crippen molar-refractivity contribution in [2.24, 2.45) is 0 Å². The molecule has 0 radical (unpaired) electrons. The Morgan fingerprint density at radius 1 is 1.25 bits per heavy atom. The summed E-state index contributed by atoms with van der Waals surface area (Å²) in [6, 6.07) is 8.27. The van der Waals surface area contributed by atoms with Gasteiger partial charge < -0.3 is 5.32 Å². The first-order chi connectivity index (χ1) is 9.65. The lowest BCUT2D eigenvalue weighted by Gasteiger charge is -2.08. The molecule has 1 aromatic heterocycles. The Kier molecular flexibility index (Phi) is 5.46. The number of nitrogens with zero attached hydrogens (tertiary/aromatic N) is 2. The van der Waals surface area contributed by atoms with Gasteiger partial charge in [-0.25, -0.2) is 0 Å². The fraction of sp³-hybridized carbons (Fsp3) is 0.400. The highest BCUT2D eigenvalue weighted by Crippen LogP contribution is 2.20. The fourth-order valence-electron chi connectivity index (χ4n) is 2.19. The summed E-state index contributed by atoms with van der Waals surface area (Å²) >= 11 is 12.1. The van der Waals surface area contributed by atoms with E-state index in [1.54, 1.807) is 0 Å². The minimum absolute atomic E-state index is 0.543. The number of aryl methyl sites for hydroxylation is 2. The molecule has 0 saturated carbocycles. The second kappa shape index (κ2) is 7.11. The molecule has 3 nitrogen and oxygen atoms in total. The Bertz CT molecular complexity index is 578. The third-order valence-corrected chi connectivity index (χ3v) is 4.02. The van der Waals surface area contributed by atoms with Gasteiger partial charge in [0.15, 0.2) is 0 Å². The van der Waals surface area contributed by atoms with Crippen LogP contribution in [0.15, 0.2) is 24.3 Å². The van der Waals surface area contributed by atoms with E-state index in [4.69, 9.17) is 23.2 Å². The number of hydrogen-bond donors (Lipinski definition) is 1. The molecule has 0 atom stereocenters. The second-order valence-electron chi connectivity index (χ2n) is 4.72. The van der Waals surface area contributed by atoms with Crippen molar-refractivity contribution in [1.82, 2.24) is 15.1 Å². The lowest BCUT2D eigenvalue weighted by atomic mass is 10.1. The summed E-state index contributed by atoms with van der Waals surface area (Å²) in [5.74, 6) is 0.543. The minimum atomic E-state index is 0.543. The van der Waals surface area contributed by atoms with Crippen LogP contribution in [0.1, 0.15) is 29.4 Å². The van der Waals surface area contributed by atoms with Gasteiger partial charge in [-0.1, -0.05) is 35.9 Å². The van der Waals surface area contributed by atoms with Crippen LogP contribution in [0.2, 0.25) is 5.02 Å². The van der Waals surface area contributed by atoms with Gasteiger partial charge in [-0.2, -0.15) is 5.10 Å². The summed E-state index contributed by atoms with van der Waals surface area (Å²) in [6.07, 6.45) is 0. The van der Waals surface area contributed by atoms with E-state index in [1.807, 2.05) is 23.7 Å². The molecule has 2 rings (SSSR count). The first-order valence-corrected chi connectivity index (χ1v) is 7.63. The smallest absolute Gasteiger partial charge is 0.0860 e. The average Bonchev–Trinajstić information content (AvgIpc) is 2.75. The van der Waals surface area contributed by atoms with Gasteiger partial charge in [0.2, 0.25) is 0 Å². The summed E-state index contributed by atoms with van der Waals surface area (Å²) in [7, 11) is 0. The molecular formula is C15H19Cl2N3. The van der Waals surface area contributed by atoms with E-state index >= 15 is 0 Å². The molecule has 0 saturated heterocycles. The largest absolute Gasteiger partial charge is 0.307 e. The number of halogens is 2. The summed E-state index contributed by atoms with van der Waals surface area (Å²) in [5, 5.41) is 8.58. The number of aromatic nitrogens is 2. The zero-order chi connectivity index (χ0) is 14.5. The number of alkyl halides is 1. The normalized spacial score (nSPS) is 11.0. The van der Waals surface area contributed by atoms with Crippen LogP contribution in [-0.2, 0) is 25.5 Å². The first kappa shape index (κ1) is 15.4. The second-order valence-corrected chi connectivity index (χ2v) is 5.36. The molecule has 0 spiro atoms. The van der Waals surface area contributed by atoms with Crippen molar-refractivity contribution in [3.05, 3.63) is 51.8 Å². The number of benzene rings is 1. The van der Waals surface area contributed by atoms with Crippen LogP contribution in [0.5, 0.6) is 0 Å². The van der Waals surface area contributed by atoms with E-state index in [0.717, 1.165) is 35.1 Å². The summed E-state index contributed by atoms with van der Waals surface area (Å²) < 4.78 is 1.94. The molecule has 1 aromatic carbocycles. The summed E-state index contributed by atoms with van der Waals surface area (Å²) in [5.41, 5.74) is 4.28. The van der Waals surface area contributed by atoms with E-state index in [9.17, 15) is 0 Å². The molecule has 1 heterocycles. The standard InChI is InChI=1S/C15H19Cl2N3/c1-3-20-14(15(17)11(2)19-20)10-18-9-13-6-4-5-12(7-13)8-16/h4-7,18H,3,8-10H2,1-2H3. The topological polar surface area (TPSA) is 29.9 Å². The quantitative estimate of drug-likeness (QED) is 0.820. The molecule has 1 N–H and O–H groups in total. The molecule has 20 heavy (non-hydrogen) atoms. The van der Waals surface area contributed by atoms with Gasteiger partial charge in [-0.3, -0.25) is 4.68 Å². The van der Waals surface area contributed by atoms with Gasteiger partial charge in [0, 0.05) is 25.5 Å². The molecule has 2 aromatic rings. The summed E-state index contributed by atoms with van der Waals surface area (Å²) in [4.78, 5) is 0. The average molecular weight is 312 g/mol. The monoisotopic (exact) mass is 311 g/mol. The predicted octanol–water partition coefficient (Wildman–Crippen LogP) is 3.89. The molecule has 5 heteroatoms. The Hall–Kier alpha value is -1.03. The molecule has 108 valence electrons. The van der Waals surface area contributed by atoms with Gasteiger partial charge in [0.05, 0.1) is 16.4 Å². The highest BCUT2D eigenvalue weighted by Gasteiger charge is 2.11. The molecular weight excluding hydrogens is 293 g/mol.